The summed E-state index contributed by atoms with van der Waals surface area (Å²) in [6.07, 6.45) is 2.51. The smallest absolute Gasteiger partial charge is 0.407 e. The molecule has 23 heavy (non-hydrogen) atoms. The Bertz CT molecular complexity index is 557. The zero-order valence-electron chi connectivity index (χ0n) is 14.1. The third kappa shape index (κ3) is 5.61. The fourth-order valence-electron chi connectivity index (χ4n) is 2.70. The van der Waals surface area contributed by atoms with Crippen molar-refractivity contribution in [2.24, 2.45) is 0 Å². The summed E-state index contributed by atoms with van der Waals surface area (Å²) in [5.41, 5.74) is 0.557. The normalized spacial score (nSPS) is 20.9. The van der Waals surface area contributed by atoms with Gasteiger partial charge in [-0.15, -0.1) is 0 Å². The Morgan fingerprint density at radius 1 is 1.26 bits per heavy atom. The molecule has 0 radical (unpaired) electrons. The first-order chi connectivity index (χ1) is 10.8. The minimum atomic E-state index is -0.464. The molecule has 2 N–H and O–H groups in total. The second-order valence-electron chi connectivity index (χ2n) is 6.85. The Kier molecular flexibility index (Phi) is 5.79. The molecule has 0 heterocycles. The van der Waals surface area contributed by atoms with Gasteiger partial charge in [0.05, 0.1) is 11.6 Å². The fraction of sp³-hybridized carbons (Fsp3) is 0.588. The van der Waals surface area contributed by atoms with E-state index in [9.17, 15) is 4.79 Å². The Morgan fingerprint density at radius 3 is 2.61 bits per heavy atom. The van der Waals surface area contributed by atoms with Gasteiger partial charge in [-0.2, -0.15) is 0 Å². The van der Waals surface area contributed by atoms with Crippen LogP contribution in [0.15, 0.2) is 22.7 Å². The second-order valence-corrected chi connectivity index (χ2v) is 7.70. The van der Waals surface area contributed by atoms with Crippen LogP contribution in [0.25, 0.3) is 0 Å². The first kappa shape index (κ1) is 17.9. The molecule has 1 fully saturated rings. The molecule has 0 aromatic heterocycles. The molecule has 1 aliphatic rings. The highest BCUT2D eigenvalue weighted by atomic mass is 79.9. The molecular weight excluding hydrogens is 360 g/mol. The molecule has 0 bridgehead atoms. The highest BCUT2D eigenvalue weighted by Gasteiger charge is 2.27. The number of hydrogen-bond donors (Lipinski definition) is 2. The molecule has 0 spiro atoms. The van der Waals surface area contributed by atoms with Crippen LogP contribution >= 0.6 is 15.9 Å². The van der Waals surface area contributed by atoms with E-state index in [0.717, 1.165) is 35.2 Å². The predicted molar refractivity (Wildman–Crippen MR) is 95.1 cm³/mol. The van der Waals surface area contributed by atoms with Gasteiger partial charge in [0.15, 0.2) is 0 Å². The molecule has 1 amide bonds. The summed E-state index contributed by atoms with van der Waals surface area (Å²) in [4.78, 5) is 11.8. The van der Waals surface area contributed by atoms with Crippen molar-refractivity contribution in [3.05, 3.63) is 22.7 Å². The lowest BCUT2D eigenvalue weighted by molar-refractivity contribution is 0.0505. The molecule has 2 rings (SSSR count). The van der Waals surface area contributed by atoms with Crippen LogP contribution in [-0.2, 0) is 4.74 Å². The maximum Gasteiger partial charge on any atom is 0.407 e. The molecule has 1 aliphatic carbocycles. The standard InChI is InChI=1S/C17H25BrN2O3/c1-17(2,3)23-16(21)20-12-6-5-11(9-12)19-13-7-8-14(18)15(10-13)22-4/h7-8,10-12,19H,5-6,9H2,1-4H3,(H,20,21). The van der Waals surface area contributed by atoms with Gasteiger partial charge in [-0.3, -0.25) is 0 Å². The summed E-state index contributed by atoms with van der Waals surface area (Å²) in [5.74, 6) is 0.802. The molecule has 0 aliphatic heterocycles. The third-order valence-corrected chi connectivity index (χ3v) is 4.33. The van der Waals surface area contributed by atoms with Gasteiger partial charge < -0.3 is 20.1 Å². The van der Waals surface area contributed by atoms with E-state index in [-0.39, 0.29) is 12.1 Å². The molecule has 2 atom stereocenters. The van der Waals surface area contributed by atoms with Gasteiger partial charge >= 0.3 is 6.09 Å². The number of halogens is 1. The zero-order valence-corrected chi connectivity index (χ0v) is 15.7. The average molecular weight is 385 g/mol. The number of rotatable bonds is 4. The number of carbonyl (C=O) groups excluding carboxylic acids is 1. The number of benzene rings is 1. The molecule has 6 heteroatoms. The van der Waals surface area contributed by atoms with Crippen LogP contribution < -0.4 is 15.4 Å². The van der Waals surface area contributed by atoms with Crippen molar-refractivity contribution in [3.8, 4) is 5.75 Å². The Morgan fingerprint density at radius 2 is 1.96 bits per heavy atom. The molecule has 1 aromatic rings. The Labute approximate surface area is 146 Å². The summed E-state index contributed by atoms with van der Waals surface area (Å²) in [5, 5.41) is 6.45. The number of carbonyl (C=O) groups is 1. The molecule has 2 unspecified atom stereocenters. The topological polar surface area (TPSA) is 59.6 Å². The number of ether oxygens (including phenoxy) is 2. The van der Waals surface area contributed by atoms with Gasteiger partial charge in [0.1, 0.15) is 11.4 Å². The lowest BCUT2D eigenvalue weighted by Crippen LogP contribution is -2.38. The lowest BCUT2D eigenvalue weighted by Gasteiger charge is -2.22. The summed E-state index contributed by atoms with van der Waals surface area (Å²) >= 11 is 3.45. The van der Waals surface area contributed by atoms with Crippen LogP contribution in [0, 0.1) is 0 Å². The van der Waals surface area contributed by atoms with Gasteiger partial charge in [-0.25, -0.2) is 4.79 Å². The van der Waals surface area contributed by atoms with Crippen molar-refractivity contribution < 1.29 is 14.3 Å². The predicted octanol–water partition coefficient (Wildman–Crippen LogP) is 4.32. The van der Waals surface area contributed by atoms with E-state index >= 15 is 0 Å². The fourth-order valence-corrected chi connectivity index (χ4v) is 3.11. The SMILES string of the molecule is COc1cc(NC2CCC(NC(=O)OC(C)(C)C)C2)ccc1Br. The van der Waals surface area contributed by atoms with Crippen molar-refractivity contribution in [1.29, 1.82) is 0 Å². The Hall–Kier alpha value is -1.43. The molecular formula is C17H25BrN2O3. The van der Waals surface area contributed by atoms with Gasteiger partial charge in [0.25, 0.3) is 0 Å². The van der Waals surface area contributed by atoms with Gasteiger partial charge in [0, 0.05) is 23.8 Å². The van der Waals surface area contributed by atoms with E-state index in [4.69, 9.17) is 9.47 Å². The summed E-state index contributed by atoms with van der Waals surface area (Å²) in [7, 11) is 1.65. The number of hydrogen-bond acceptors (Lipinski definition) is 4. The zero-order chi connectivity index (χ0) is 17.0. The molecule has 128 valence electrons. The summed E-state index contributed by atoms with van der Waals surface area (Å²) in [6, 6.07) is 6.44. The van der Waals surface area contributed by atoms with Crippen LogP contribution in [0.5, 0.6) is 5.75 Å². The van der Waals surface area contributed by atoms with E-state index in [1.54, 1.807) is 7.11 Å². The lowest BCUT2D eigenvalue weighted by atomic mass is 10.2. The maximum absolute atomic E-state index is 11.8. The van der Waals surface area contributed by atoms with Gasteiger partial charge in [-0.05, 0) is 68.1 Å². The molecule has 1 saturated carbocycles. The van der Waals surface area contributed by atoms with Crippen LogP contribution in [0.2, 0.25) is 0 Å². The molecule has 0 saturated heterocycles. The van der Waals surface area contributed by atoms with Crippen LogP contribution in [0.4, 0.5) is 10.5 Å². The number of nitrogens with one attached hydrogen (secondary N) is 2. The van der Waals surface area contributed by atoms with E-state index in [0.29, 0.717) is 6.04 Å². The van der Waals surface area contributed by atoms with Gasteiger partial charge in [-0.1, -0.05) is 0 Å². The van der Waals surface area contributed by atoms with Crippen molar-refractivity contribution in [3.63, 3.8) is 0 Å². The van der Waals surface area contributed by atoms with Gasteiger partial charge in [0.2, 0.25) is 0 Å². The number of amides is 1. The van der Waals surface area contributed by atoms with E-state index in [1.165, 1.54) is 0 Å². The first-order valence-electron chi connectivity index (χ1n) is 7.86. The quantitative estimate of drug-likeness (QED) is 0.811. The average Bonchev–Trinajstić information content (AvgIpc) is 2.85. The molecule has 5 nitrogen and oxygen atoms in total. The van der Waals surface area contributed by atoms with Crippen molar-refractivity contribution in [2.45, 2.75) is 57.7 Å². The van der Waals surface area contributed by atoms with Crippen molar-refractivity contribution in [1.82, 2.24) is 5.32 Å². The highest BCUT2D eigenvalue weighted by molar-refractivity contribution is 9.10. The first-order valence-corrected chi connectivity index (χ1v) is 8.66. The van der Waals surface area contributed by atoms with Crippen LogP contribution in [0.1, 0.15) is 40.0 Å². The van der Waals surface area contributed by atoms with E-state index in [2.05, 4.69) is 26.6 Å². The van der Waals surface area contributed by atoms with Crippen LogP contribution in [0.3, 0.4) is 0 Å². The monoisotopic (exact) mass is 384 g/mol. The summed E-state index contributed by atoms with van der Waals surface area (Å²) < 4.78 is 11.5. The van der Waals surface area contributed by atoms with Crippen LogP contribution in [-0.4, -0.2) is 30.9 Å². The number of anilines is 1. The minimum absolute atomic E-state index is 0.152. The minimum Gasteiger partial charge on any atom is -0.495 e. The highest BCUT2D eigenvalue weighted by Crippen LogP contribution is 2.30. The van der Waals surface area contributed by atoms with Crippen molar-refractivity contribution >= 4 is 27.7 Å². The number of methoxy groups -OCH3 is 1. The number of alkyl carbamates (subject to hydrolysis) is 1. The van der Waals surface area contributed by atoms with Crippen molar-refractivity contribution in [2.75, 3.05) is 12.4 Å². The maximum atomic E-state index is 11.8. The summed E-state index contributed by atoms with van der Waals surface area (Å²) in [6.45, 7) is 5.60. The third-order valence-electron chi connectivity index (χ3n) is 3.68. The van der Waals surface area contributed by atoms with E-state index < -0.39 is 5.60 Å². The Balaban J connectivity index is 1.85. The van der Waals surface area contributed by atoms with E-state index in [1.807, 2.05) is 39.0 Å². The largest absolute Gasteiger partial charge is 0.495 e. The second kappa shape index (κ2) is 7.43. The molecule has 1 aromatic carbocycles.